The summed E-state index contributed by atoms with van der Waals surface area (Å²) in [6, 6.07) is 0.451. The van der Waals surface area contributed by atoms with E-state index in [0.29, 0.717) is 6.04 Å². The fraction of sp³-hybridized carbons (Fsp3) is 0.800. The molecule has 1 aliphatic rings. The lowest BCUT2D eigenvalue weighted by atomic mass is 10.3. The first-order valence-electron chi connectivity index (χ1n) is 2.81. The van der Waals surface area contributed by atoms with Gasteiger partial charge in [-0.3, -0.25) is 5.41 Å². The molecule has 0 bridgehead atoms. The highest BCUT2D eigenvalue weighted by atomic mass is 15.0. The third-order valence-electron chi connectivity index (χ3n) is 1.30. The molecule has 0 aliphatic carbocycles. The van der Waals surface area contributed by atoms with Gasteiger partial charge in [-0.25, -0.2) is 5.32 Å². The van der Waals surface area contributed by atoms with Crippen LogP contribution in [-0.2, 0) is 0 Å². The van der Waals surface area contributed by atoms with Crippen molar-refractivity contribution in [3.05, 3.63) is 0 Å². The van der Waals surface area contributed by atoms with E-state index >= 15 is 0 Å². The maximum absolute atomic E-state index is 6.69. The largest absolute Gasteiger partial charge is 0.372 e. The summed E-state index contributed by atoms with van der Waals surface area (Å²) in [5.41, 5.74) is 0. The van der Waals surface area contributed by atoms with Crippen LogP contribution in [0.2, 0.25) is 0 Å². The minimum absolute atomic E-state index is 0.451. The first kappa shape index (κ1) is 5.56. The van der Waals surface area contributed by atoms with Crippen molar-refractivity contribution in [1.29, 1.82) is 5.41 Å². The second kappa shape index (κ2) is 2.67. The first-order chi connectivity index (χ1) is 3.93. The monoisotopic (exact) mass is 112 g/mol. The number of hydrogen-bond donors (Lipinski definition) is 2. The molecule has 1 rings (SSSR count). The van der Waals surface area contributed by atoms with Gasteiger partial charge in [-0.15, -0.1) is 0 Å². The molecule has 1 unspecified atom stereocenters. The fourth-order valence-electron chi connectivity index (χ4n) is 0.839. The second-order valence-electron chi connectivity index (χ2n) is 1.93. The van der Waals surface area contributed by atoms with Gasteiger partial charge in [0.1, 0.15) is 0 Å². The normalized spacial score (nSPS) is 27.8. The van der Waals surface area contributed by atoms with Crippen molar-refractivity contribution in [3.8, 4) is 0 Å². The summed E-state index contributed by atoms with van der Waals surface area (Å²) in [7, 11) is 0. The Morgan fingerprint density at radius 2 is 2.62 bits per heavy atom. The highest BCUT2D eigenvalue weighted by molar-refractivity contribution is 5.50. The maximum Gasteiger partial charge on any atom is 0.0793 e. The van der Waals surface area contributed by atoms with E-state index < -0.39 is 0 Å². The summed E-state index contributed by atoms with van der Waals surface area (Å²) >= 11 is 0. The van der Waals surface area contributed by atoms with E-state index in [9.17, 15) is 0 Å². The van der Waals surface area contributed by atoms with E-state index in [1.165, 1.54) is 6.34 Å². The Balaban J connectivity index is 2.14. The molecule has 0 amide bonds. The van der Waals surface area contributed by atoms with Gasteiger partial charge in [0.05, 0.1) is 6.34 Å². The lowest BCUT2D eigenvalue weighted by Gasteiger charge is -2.03. The number of nitrogens with zero attached hydrogens (tertiary/aromatic N) is 1. The molecule has 3 nitrogen and oxygen atoms in total. The van der Waals surface area contributed by atoms with Crippen LogP contribution in [0.25, 0.3) is 0 Å². The average molecular weight is 112 g/mol. The minimum atomic E-state index is 0.451. The zero-order valence-corrected chi connectivity index (χ0v) is 4.72. The average Bonchev–Trinajstić information content (AvgIpc) is 2.19. The van der Waals surface area contributed by atoms with Crippen LogP contribution >= 0.6 is 0 Å². The number of rotatable bonds is 2. The number of nitrogens with one attached hydrogen (secondary N) is 2. The molecule has 0 aromatic heterocycles. The molecule has 1 atom stereocenters. The quantitative estimate of drug-likeness (QED) is 0.369. The van der Waals surface area contributed by atoms with Crippen LogP contribution in [0.15, 0.2) is 0 Å². The van der Waals surface area contributed by atoms with Gasteiger partial charge >= 0.3 is 0 Å². The molecule has 2 N–H and O–H groups in total. The van der Waals surface area contributed by atoms with Crippen molar-refractivity contribution < 1.29 is 0 Å². The molecule has 1 aliphatic heterocycles. The summed E-state index contributed by atoms with van der Waals surface area (Å²) < 4.78 is 0. The van der Waals surface area contributed by atoms with E-state index in [2.05, 4.69) is 10.6 Å². The molecule has 0 aromatic rings. The van der Waals surface area contributed by atoms with Crippen LogP contribution in [0.1, 0.15) is 6.42 Å². The maximum atomic E-state index is 6.69. The van der Waals surface area contributed by atoms with Crippen molar-refractivity contribution in [2.75, 3.05) is 13.1 Å². The predicted octanol–water partition coefficient (Wildman–Crippen LogP) is -0.440. The van der Waals surface area contributed by atoms with Crippen LogP contribution in [0.3, 0.4) is 0 Å². The van der Waals surface area contributed by atoms with Gasteiger partial charge in [-0.1, -0.05) is 0 Å². The molecule has 45 valence electrons. The summed E-state index contributed by atoms with van der Waals surface area (Å²) in [5, 5.41) is 13.7. The van der Waals surface area contributed by atoms with Crippen LogP contribution in [0.5, 0.6) is 0 Å². The molecule has 0 saturated carbocycles. The Bertz CT molecular complexity index is 75.7. The molecule has 8 heavy (non-hydrogen) atoms. The van der Waals surface area contributed by atoms with Gasteiger partial charge in [0.25, 0.3) is 0 Å². The van der Waals surface area contributed by atoms with Gasteiger partial charge in [0.2, 0.25) is 0 Å². The van der Waals surface area contributed by atoms with E-state index in [4.69, 9.17) is 5.41 Å². The zero-order chi connectivity index (χ0) is 5.82. The third kappa shape index (κ3) is 1.20. The highest BCUT2D eigenvalue weighted by Crippen LogP contribution is 1.96. The van der Waals surface area contributed by atoms with Gasteiger partial charge < -0.3 is 5.32 Å². The molecule has 1 heterocycles. The molecule has 1 fully saturated rings. The van der Waals surface area contributed by atoms with Crippen molar-refractivity contribution in [2.24, 2.45) is 0 Å². The Labute approximate surface area is 49.0 Å². The summed E-state index contributed by atoms with van der Waals surface area (Å²) in [6.45, 7) is 1.85. The summed E-state index contributed by atoms with van der Waals surface area (Å²) in [5.74, 6) is 0. The van der Waals surface area contributed by atoms with Crippen molar-refractivity contribution >= 4 is 6.34 Å². The Morgan fingerprint density at radius 1 is 1.75 bits per heavy atom. The van der Waals surface area contributed by atoms with Crippen molar-refractivity contribution in [3.63, 3.8) is 0 Å². The van der Waals surface area contributed by atoms with Crippen molar-refractivity contribution in [2.45, 2.75) is 12.5 Å². The highest BCUT2D eigenvalue weighted by Gasteiger charge is 2.12. The van der Waals surface area contributed by atoms with Crippen molar-refractivity contribution in [1.82, 2.24) is 10.6 Å². The fourth-order valence-corrected chi connectivity index (χ4v) is 0.839. The molecule has 1 radical (unpaired) electrons. The molecule has 0 aromatic carbocycles. The SMILES string of the molecule is N=CNC1CC[N]C1. The van der Waals surface area contributed by atoms with Crippen LogP contribution in [0.4, 0.5) is 0 Å². The molecular formula is C5H10N3. The summed E-state index contributed by atoms with van der Waals surface area (Å²) in [6.07, 6.45) is 2.33. The van der Waals surface area contributed by atoms with Gasteiger partial charge in [0, 0.05) is 19.1 Å². The zero-order valence-electron chi connectivity index (χ0n) is 4.72. The molecule has 0 spiro atoms. The lowest BCUT2D eigenvalue weighted by molar-refractivity contribution is 0.668. The van der Waals surface area contributed by atoms with E-state index in [0.717, 1.165) is 19.5 Å². The Kier molecular flexibility index (Phi) is 1.86. The summed E-state index contributed by atoms with van der Waals surface area (Å²) in [4.78, 5) is 0. The molecular weight excluding hydrogens is 102 g/mol. The predicted molar refractivity (Wildman–Crippen MR) is 32.2 cm³/mol. The standard InChI is InChI=1S/C5H10N3/c6-4-8-5-1-2-7-3-5/h4-5H,1-3H2,(H2,6,8). The first-order valence-corrected chi connectivity index (χ1v) is 2.81. The smallest absolute Gasteiger partial charge is 0.0793 e. The topological polar surface area (TPSA) is 50.0 Å². The van der Waals surface area contributed by atoms with Crippen LogP contribution in [0, 0.1) is 5.41 Å². The third-order valence-corrected chi connectivity index (χ3v) is 1.30. The second-order valence-corrected chi connectivity index (χ2v) is 1.93. The van der Waals surface area contributed by atoms with E-state index in [1.807, 2.05) is 0 Å². The van der Waals surface area contributed by atoms with Gasteiger partial charge in [0.15, 0.2) is 0 Å². The molecule has 1 saturated heterocycles. The Morgan fingerprint density at radius 3 is 3.12 bits per heavy atom. The lowest BCUT2D eigenvalue weighted by Crippen LogP contribution is -2.27. The Hall–Kier alpha value is -0.570. The van der Waals surface area contributed by atoms with E-state index in [1.54, 1.807) is 0 Å². The molecule has 3 heteroatoms. The van der Waals surface area contributed by atoms with Crippen LogP contribution in [-0.4, -0.2) is 25.5 Å². The van der Waals surface area contributed by atoms with Gasteiger partial charge in [-0.2, -0.15) is 0 Å². The van der Waals surface area contributed by atoms with E-state index in [-0.39, 0.29) is 0 Å². The number of hydrogen-bond acceptors (Lipinski definition) is 1. The van der Waals surface area contributed by atoms with Gasteiger partial charge in [-0.05, 0) is 6.42 Å². The van der Waals surface area contributed by atoms with Crippen LogP contribution < -0.4 is 10.6 Å². The minimum Gasteiger partial charge on any atom is -0.372 e.